The lowest BCUT2D eigenvalue weighted by atomic mass is 10.2. The number of hydrogen-bond acceptors (Lipinski definition) is 6. The van der Waals surface area contributed by atoms with Gasteiger partial charge in [0.15, 0.2) is 0 Å². The molecule has 0 aromatic heterocycles. The Morgan fingerprint density at radius 1 is 0.750 bits per heavy atom. The van der Waals surface area contributed by atoms with E-state index in [2.05, 4.69) is 16.0 Å². The van der Waals surface area contributed by atoms with Crippen LogP contribution >= 0.6 is 0 Å². The normalized spacial score (nSPS) is 11.1. The maximum Gasteiger partial charge on any atom is 0.409 e. The van der Waals surface area contributed by atoms with Crippen molar-refractivity contribution in [1.82, 2.24) is 21.3 Å². The number of imide groups is 1. The predicted octanol–water partition coefficient (Wildman–Crippen LogP) is 0.819. The first-order valence-corrected chi connectivity index (χ1v) is 7.30. The maximum absolute atomic E-state index is 11.5. The summed E-state index contributed by atoms with van der Waals surface area (Å²) in [6, 6.07) is -0.831. The van der Waals surface area contributed by atoms with Crippen molar-refractivity contribution in [3.8, 4) is 0 Å². The third kappa shape index (κ3) is 13.2. The fourth-order valence-corrected chi connectivity index (χ4v) is 1.19. The number of ether oxygens (including phenoxy) is 2. The van der Waals surface area contributed by atoms with Crippen LogP contribution in [0.1, 0.15) is 41.5 Å². The topological polar surface area (TPSA) is 135 Å². The molecule has 0 heterocycles. The number of nitrogens with one attached hydrogen (secondary N) is 4. The molecule has 5 amide bonds. The molecule has 0 saturated carbocycles. The van der Waals surface area contributed by atoms with Crippen molar-refractivity contribution >= 4 is 24.1 Å². The number of hydrogen-bond donors (Lipinski definition) is 4. The molecule has 10 heteroatoms. The van der Waals surface area contributed by atoms with E-state index in [0.29, 0.717) is 0 Å². The lowest BCUT2D eigenvalue weighted by Gasteiger charge is -2.20. The molecule has 4 N–H and O–H groups in total. The second kappa shape index (κ2) is 8.94. The Kier molecular flexibility index (Phi) is 8.00. The molecule has 0 atom stereocenters. The van der Waals surface area contributed by atoms with Gasteiger partial charge >= 0.3 is 18.2 Å². The highest BCUT2D eigenvalue weighted by atomic mass is 16.6. The van der Waals surface area contributed by atoms with Crippen LogP contribution in [-0.2, 0) is 14.3 Å². The molecule has 0 aromatic rings. The first-order chi connectivity index (χ1) is 10.8. The summed E-state index contributed by atoms with van der Waals surface area (Å²) in [5.74, 6) is -0.740. The van der Waals surface area contributed by atoms with E-state index >= 15 is 0 Å². The summed E-state index contributed by atoms with van der Waals surface area (Å²) in [7, 11) is 0. The number of urea groups is 1. The fourth-order valence-electron chi connectivity index (χ4n) is 1.19. The van der Waals surface area contributed by atoms with Gasteiger partial charge in [-0.3, -0.25) is 10.1 Å². The molecule has 0 aliphatic rings. The quantitative estimate of drug-likeness (QED) is 0.557. The molecular weight excluding hydrogens is 320 g/mol. The van der Waals surface area contributed by atoms with Crippen molar-refractivity contribution in [3.05, 3.63) is 0 Å². The van der Waals surface area contributed by atoms with E-state index in [1.807, 2.05) is 5.32 Å². The summed E-state index contributed by atoms with van der Waals surface area (Å²) in [6.45, 7) is 9.47. The fraction of sp³-hybridized carbons (Fsp3) is 0.714. The zero-order valence-corrected chi connectivity index (χ0v) is 14.9. The van der Waals surface area contributed by atoms with E-state index < -0.39 is 41.9 Å². The van der Waals surface area contributed by atoms with Crippen LogP contribution < -0.4 is 21.3 Å². The Hall–Kier alpha value is -2.52. The van der Waals surface area contributed by atoms with E-state index in [1.54, 1.807) is 41.5 Å². The predicted molar refractivity (Wildman–Crippen MR) is 85.1 cm³/mol. The molecule has 0 unspecified atom stereocenters. The number of amides is 5. The van der Waals surface area contributed by atoms with Gasteiger partial charge in [-0.2, -0.15) is 0 Å². The Morgan fingerprint density at radius 3 is 1.67 bits per heavy atom. The highest BCUT2D eigenvalue weighted by molar-refractivity contribution is 5.96. The molecule has 10 nitrogen and oxygen atoms in total. The van der Waals surface area contributed by atoms with Crippen molar-refractivity contribution in [2.24, 2.45) is 0 Å². The molecule has 138 valence electrons. The maximum atomic E-state index is 11.5. The van der Waals surface area contributed by atoms with Crippen LogP contribution in [-0.4, -0.2) is 48.5 Å². The number of rotatable bonds is 4. The zero-order valence-electron chi connectivity index (χ0n) is 14.9. The Bertz CT molecular complexity index is 479. The Morgan fingerprint density at radius 2 is 1.21 bits per heavy atom. The van der Waals surface area contributed by atoms with Gasteiger partial charge in [0.2, 0.25) is 5.91 Å². The van der Waals surface area contributed by atoms with Gasteiger partial charge < -0.3 is 25.4 Å². The van der Waals surface area contributed by atoms with Crippen LogP contribution in [0.15, 0.2) is 0 Å². The van der Waals surface area contributed by atoms with E-state index in [9.17, 15) is 19.2 Å². The van der Waals surface area contributed by atoms with Gasteiger partial charge in [-0.15, -0.1) is 0 Å². The lowest BCUT2D eigenvalue weighted by molar-refractivity contribution is -0.119. The van der Waals surface area contributed by atoms with Gasteiger partial charge in [-0.25, -0.2) is 14.4 Å². The van der Waals surface area contributed by atoms with E-state index in [0.717, 1.165) is 0 Å². The molecule has 0 rings (SSSR count). The van der Waals surface area contributed by atoms with Gasteiger partial charge in [0.1, 0.15) is 17.7 Å². The summed E-state index contributed by atoms with van der Waals surface area (Å²) in [5, 5.41) is 8.68. The van der Waals surface area contributed by atoms with Gasteiger partial charge in [0, 0.05) is 0 Å². The van der Waals surface area contributed by atoms with Crippen LogP contribution in [0, 0.1) is 0 Å². The summed E-state index contributed by atoms with van der Waals surface area (Å²) in [5.41, 5.74) is -1.35. The van der Waals surface area contributed by atoms with Crippen LogP contribution in [0.25, 0.3) is 0 Å². The van der Waals surface area contributed by atoms with Crippen molar-refractivity contribution in [3.63, 3.8) is 0 Å². The summed E-state index contributed by atoms with van der Waals surface area (Å²) in [4.78, 5) is 45.5. The van der Waals surface area contributed by atoms with Gasteiger partial charge in [-0.1, -0.05) is 0 Å². The smallest absolute Gasteiger partial charge is 0.409 e. The van der Waals surface area contributed by atoms with Crippen LogP contribution in [0.5, 0.6) is 0 Å². The van der Waals surface area contributed by atoms with Gasteiger partial charge in [0.05, 0.1) is 6.67 Å². The molecule has 0 radical (unpaired) electrons. The second-order valence-corrected chi connectivity index (χ2v) is 6.76. The van der Waals surface area contributed by atoms with Crippen LogP contribution in [0.3, 0.4) is 0 Å². The Labute approximate surface area is 141 Å². The van der Waals surface area contributed by atoms with Gasteiger partial charge in [0.25, 0.3) is 0 Å². The minimum absolute atomic E-state index is 0.229. The molecule has 0 saturated heterocycles. The number of carbonyl (C=O) groups excluding carboxylic acids is 4. The third-order valence-corrected chi connectivity index (χ3v) is 1.93. The number of alkyl carbamates (subject to hydrolysis) is 2. The monoisotopic (exact) mass is 346 g/mol. The highest BCUT2D eigenvalue weighted by Gasteiger charge is 2.18. The Balaban J connectivity index is 3.93. The zero-order chi connectivity index (χ0) is 19.0. The second-order valence-electron chi connectivity index (χ2n) is 6.76. The van der Waals surface area contributed by atoms with Crippen molar-refractivity contribution in [2.75, 3.05) is 13.2 Å². The molecule has 0 fully saturated rings. The van der Waals surface area contributed by atoms with E-state index in [1.165, 1.54) is 0 Å². The molecule has 0 spiro atoms. The standard InChI is InChI=1S/C14H26N4O6/c1-13(2,3)23-11(21)15-7-9(19)18-10(20)16-8-17-12(22)24-14(4,5)6/h7-8H2,1-6H3,(H,15,21)(H,17,22)(H2,16,18,19,20). The van der Waals surface area contributed by atoms with Crippen LogP contribution in [0.4, 0.5) is 14.4 Å². The largest absolute Gasteiger partial charge is 0.444 e. The average molecular weight is 346 g/mol. The molecule has 0 bridgehead atoms. The number of carbonyl (C=O) groups is 4. The van der Waals surface area contributed by atoms with E-state index in [-0.39, 0.29) is 6.67 Å². The van der Waals surface area contributed by atoms with Gasteiger partial charge in [-0.05, 0) is 41.5 Å². The SMILES string of the molecule is CC(C)(C)OC(=O)NCNC(=O)NC(=O)CNC(=O)OC(C)(C)C. The van der Waals surface area contributed by atoms with Crippen molar-refractivity contribution < 1.29 is 28.7 Å². The summed E-state index contributed by atoms with van der Waals surface area (Å²) < 4.78 is 9.89. The van der Waals surface area contributed by atoms with Crippen molar-refractivity contribution in [2.45, 2.75) is 52.7 Å². The van der Waals surface area contributed by atoms with E-state index in [4.69, 9.17) is 9.47 Å². The minimum Gasteiger partial charge on any atom is -0.444 e. The van der Waals surface area contributed by atoms with Crippen molar-refractivity contribution in [1.29, 1.82) is 0 Å². The molecular formula is C14H26N4O6. The lowest BCUT2D eigenvalue weighted by Crippen LogP contribution is -2.48. The first-order valence-electron chi connectivity index (χ1n) is 7.30. The highest BCUT2D eigenvalue weighted by Crippen LogP contribution is 2.06. The van der Waals surface area contributed by atoms with Crippen LogP contribution in [0.2, 0.25) is 0 Å². The summed E-state index contributed by atoms with van der Waals surface area (Å²) in [6.07, 6.45) is -1.48. The molecule has 0 aliphatic carbocycles. The average Bonchev–Trinajstić information content (AvgIpc) is 2.31. The molecule has 0 aromatic carbocycles. The first kappa shape index (κ1) is 21.5. The molecule has 24 heavy (non-hydrogen) atoms. The molecule has 0 aliphatic heterocycles. The third-order valence-electron chi connectivity index (χ3n) is 1.93. The summed E-state index contributed by atoms with van der Waals surface area (Å²) >= 11 is 0. The minimum atomic E-state index is -0.831.